The van der Waals surface area contributed by atoms with Crippen LogP contribution in [0.3, 0.4) is 0 Å². The Morgan fingerprint density at radius 3 is 2.57 bits per heavy atom. The van der Waals surface area contributed by atoms with Gasteiger partial charge in [0.2, 0.25) is 11.8 Å². The van der Waals surface area contributed by atoms with Gasteiger partial charge in [-0.25, -0.2) is 4.98 Å². The van der Waals surface area contributed by atoms with Gasteiger partial charge in [-0.05, 0) is 37.1 Å². The first-order valence-electron chi connectivity index (χ1n) is 9.11. The van der Waals surface area contributed by atoms with Gasteiger partial charge < -0.3 is 15.4 Å². The van der Waals surface area contributed by atoms with E-state index in [9.17, 15) is 9.59 Å². The van der Waals surface area contributed by atoms with Crippen LogP contribution in [0.1, 0.15) is 24.6 Å². The summed E-state index contributed by atoms with van der Waals surface area (Å²) in [5.41, 5.74) is 1.91. The number of amides is 2. The largest absolute Gasteiger partial charge is 0.497 e. The number of hydrogen-bond donors (Lipinski definition) is 2. The smallest absolute Gasteiger partial charge is 0.248 e. The second kappa shape index (κ2) is 9.48. The number of methoxy groups -OCH3 is 1. The predicted octanol–water partition coefficient (Wildman–Crippen LogP) is 3.27. The molecule has 2 heterocycles. The lowest BCUT2D eigenvalue weighted by atomic mass is 10.0. The minimum Gasteiger partial charge on any atom is -0.497 e. The molecule has 2 amide bonds. The van der Waals surface area contributed by atoms with Gasteiger partial charge in [-0.15, -0.1) is 11.3 Å². The maximum absolute atomic E-state index is 12.2. The fourth-order valence-corrected chi connectivity index (χ4v) is 3.89. The summed E-state index contributed by atoms with van der Waals surface area (Å²) in [6.07, 6.45) is 5.26. The van der Waals surface area contributed by atoms with Gasteiger partial charge in [0, 0.05) is 49.4 Å². The quantitative estimate of drug-likeness (QED) is 0.727. The van der Waals surface area contributed by atoms with E-state index in [0.717, 1.165) is 54.4 Å². The summed E-state index contributed by atoms with van der Waals surface area (Å²) in [6.45, 7) is 4.08. The molecule has 1 aromatic carbocycles. The molecule has 28 heavy (non-hydrogen) atoms. The number of nitrogens with zero attached hydrogens (tertiary/aromatic N) is 2. The SMILES string of the molecule is COc1ccc(NC(=O)C=C2CCN(Cc3cnc(NC(C)=O)s3)CC2)cc1. The second-order valence-electron chi connectivity index (χ2n) is 6.61. The van der Waals surface area contributed by atoms with Gasteiger partial charge in [-0.1, -0.05) is 5.57 Å². The summed E-state index contributed by atoms with van der Waals surface area (Å²) in [6, 6.07) is 7.28. The van der Waals surface area contributed by atoms with Gasteiger partial charge in [-0.2, -0.15) is 0 Å². The van der Waals surface area contributed by atoms with Crippen molar-refractivity contribution < 1.29 is 14.3 Å². The van der Waals surface area contributed by atoms with Gasteiger partial charge in [0.25, 0.3) is 0 Å². The zero-order chi connectivity index (χ0) is 19.9. The van der Waals surface area contributed by atoms with Gasteiger partial charge in [0.1, 0.15) is 5.75 Å². The number of benzene rings is 1. The summed E-state index contributed by atoms with van der Waals surface area (Å²) >= 11 is 1.50. The molecule has 2 aromatic rings. The summed E-state index contributed by atoms with van der Waals surface area (Å²) in [5, 5.41) is 6.23. The maximum Gasteiger partial charge on any atom is 0.248 e. The van der Waals surface area contributed by atoms with Crippen LogP contribution < -0.4 is 15.4 Å². The molecule has 1 fully saturated rings. The highest BCUT2D eigenvalue weighted by atomic mass is 32.1. The highest BCUT2D eigenvalue weighted by Gasteiger charge is 2.16. The number of carbonyl (C=O) groups is 2. The minimum absolute atomic E-state index is 0.101. The van der Waals surface area contributed by atoms with Crippen LogP contribution in [0, 0.1) is 0 Å². The molecule has 2 N–H and O–H groups in total. The lowest BCUT2D eigenvalue weighted by Crippen LogP contribution is -2.30. The van der Waals surface area contributed by atoms with E-state index in [1.54, 1.807) is 13.2 Å². The van der Waals surface area contributed by atoms with Crippen LogP contribution in [-0.4, -0.2) is 41.9 Å². The topological polar surface area (TPSA) is 83.6 Å². The van der Waals surface area contributed by atoms with E-state index in [2.05, 4.69) is 20.5 Å². The van der Waals surface area contributed by atoms with Crippen molar-refractivity contribution in [3.05, 3.63) is 47.0 Å². The first kappa shape index (κ1) is 20.0. The standard InChI is InChI=1S/C20H24N4O3S/c1-14(25)22-20-21-12-18(28-20)13-24-9-7-15(8-10-24)11-19(26)23-16-3-5-17(27-2)6-4-16/h3-6,11-12H,7-10,13H2,1-2H3,(H,23,26)(H,21,22,25). The zero-order valence-corrected chi connectivity index (χ0v) is 16.8. The van der Waals surface area contributed by atoms with Crippen molar-refractivity contribution in [2.45, 2.75) is 26.3 Å². The Hall–Kier alpha value is -2.71. The van der Waals surface area contributed by atoms with Gasteiger partial charge >= 0.3 is 0 Å². The van der Waals surface area contributed by atoms with Crippen LogP contribution in [0.2, 0.25) is 0 Å². The highest BCUT2D eigenvalue weighted by molar-refractivity contribution is 7.15. The van der Waals surface area contributed by atoms with Crippen LogP contribution in [0.4, 0.5) is 10.8 Å². The van der Waals surface area contributed by atoms with Crippen molar-refractivity contribution in [3.8, 4) is 5.75 Å². The zero-order valence-electron chi connectivity index (χ0n) is 16.0. The molecule has 1 aromatic heterocycles. The molecule has 0 radical (unpaired) electrons. The summed E-state index contributed by atoms with van der Waals surface area (Å²) < 4.78 is 5.12. The van der Waals surface area contributed by atoms with Gasteiger partial charge in [-0.3, -0.25) is 14.5 Å². The van der Waals surface area contributed by atoms with Crippen LogP contribution in [0.5, 0.6) is 5.75 Å². The first-order chi connectivity index (χ1) is 13.5. The van der Waals surface area contributed by atoms with E-state index in [1.165, 1.54) is 18.3 Å². The van der Waals surface area contributed by atoms with E-state index in [4.69, 9.17) is 4.74 Å². The van der Waals surface area contributed by atoms with E-state index in [0.29, 0.717) is 5.13 Å². The Balaban J connectivity index is 1.46. The number of likely N-dealkylation sites (tertiary alicyclic amines) is 1. The Bertz CT molecular complexity index is 851. The number of carbonyl (C=O) groups excluding carboxylic acids is 2. The number of thiazole rings is 1. The van der Waals surface area contributed by atoms with Crippen LogP contribution in [0.15, 0.2) is 42.1 Å². The first-order valence-corrected chi connectivity index (χ1v) is 9.92. The number of aromatic nitrogens is 1. The average Bonchev–Trinajstić information content (AvgIpc) is 3.10. The molecule has 0 atom stereocenters. The molecule has 1 aliphatic heterocycles. The molecule has 0 spiro atoms. The van der Waals surface area contributed by atoms with E-state index >= 15 is 0 Å². The van der Waals surface area contributed by atoms with Gasteiger partial charge in [0.05, 0.1) is 7.11 Å². The predicted molar refractivity (Wildman–Crippen MR) is 111 cm³/mol. The Morgan fingerprint density at radius 2 is 1.93 bits per heavy atom. The minimum atomic E-state index is -0.110. The molecule has 0 bridgehead atoms. The molecule has 0 aliphatic carbocycles. The Labute approximate surface area is 168 Å². The number of nitrogens with one attached hydrogen (secondary N) is 2. The summed E-state index contributed by atoms with van der Waals surface area (Å²) in [4.78, 5) is 31.0. The summed E-state index contributed by atoms with van der Waals surface area (Å²) in [5.74, 6) is 0.548. The third-order valence-corrected chi connectivity index (χ3v) is 5.30. The molecule has 148 valence electrons. The van der Waals surface area contributed by atoms with Gasteiger partial charge in [0.15, 0.2) is 5.13 Å². The summed E-state index contributed by atoms with van der Waals surface area (Å²) in [7, 11) is 1.61. The molecule has 0 unspecified atom stereocenters. The molecule has 8 heteroatoms. The normalized spacial score (nSPS) is 14.4. The van der Waals surface area contributed by atoms with Crippen LogP contribution in [-0.2, 0) is 16.1 Å². The molecule has 1 aliphatic rings. The van der Waals surface area contributed by atoms with E-state index < -0.39 is 0 Å². The third kappa shape index (κ3) is 5.90. The highest BCUT2D eigenvalue weighted by Crippen LogP contribution is 2.23. The number of piperidine rings is 1. The molecule has 7 nitrogen and oxygen atoms in total. The van der Waals surface area contributed by atoms with Crippen molar-refractivity contribution in [2.24, 2.45) is 0 Å². The van der Waals surface area contributed by atoms with Crippen LogP contribution >= 0.6 is 11.3 Å². The van der Waals surface area contributed by atoms with Crippen molar-refractivity contribution in [1.29, 1.82) is 0 Å². The van der Waals surface area contributed by atoms with Crippen molar-refractivity contribution in [2.75, 3.05) is 30.8 Å². The van der Waals surface area contributed by atoms with Crippen molar-refractivity contribution in [1.82, 2.24) is 9.88 Å². The Morgan fingerprint density at radius 1 is 1.21 bits per heavy atom. The molecular weight excluding hydrogens is 376 g/mol. The molecular formula is C20H24N4O3S. The number of ether oxygens (including phenoxy) is 1. The average molecular weight is 401 g/mol. The third-order valence-electron chi connectivity index (χ3n) is 4.41. The second-order valence-corrected chi connectivity index (χ2v) is 7.72. The number of anilines is 2. The lowest BCUT2D eigenvalue weighted by Gasteiger charge is -2.27. The molecule has 3 rings (SSSR count). The fraction of sp³-hybridized carbons (Fsp3) is 0.350. The fourth-order valence-electron chi connectivity index (χ4n) is 2.99. The van der Waals surface area contributed by atoms with Crippen molar-refractivity contribution in [3.63, 3.8) is 0 Å². The van der Waals surface area contributed by atoms with Crippen molar-refractivity contribution >= 4 is 34.0 Å². The molecule has 0 saturated carbocycles. The molecule has 1 saturated heterocycles. The van der Waals surface area contributed by atoms with E-state index in [-0.39, 0.29) is 11.8 Å². The van der Waals surface area contributed by atoms with E-state index in [1.807, 2.05) is 30.5 Å². The lowest BCUT2D eigenvalue weighted by molar-refractivity contribution is -0.114. The maximum atomic E-state index is 12.2. The number of rotatable bonds is 6. The monoisotopic (exact) mass is 400 g/mol. The number of hydrogen-bond acceptors (Lipinski definition) is 6. The Kier molecular flexibility index (Phi) is 6.78. The van der Waals surface area contributed by atoms with Crippen LogP contribution in [0.25, 0.3) is 0 Å².